The van der Waals surface area contributed by atoms with Crippen molar-refractivity contribution in [1.29, 1.82) is 0 Å². The molecule has 4 rings (SSSR count). The Kier molecular flexibility index (Phi) is 4.57. The molecule has 1 aliphatic rings. The molecule has 3 aromatic rings. The summed E-state index contributed by atoms with van der Waals surface area (Å²) in [7, 11) is 0. The molecule has 0 N–H and O–H groups in total. The number of benzene rings is 1. The summed E-state index contributed by atoms with van der Waals surface area (Å²) in [4.78, 5) is 12.1. The molecule has 0 unspecified atom stereocenters. The smallest absolute Gasteiger partial charge is 0.184 e. The number of anilines is 1. The van der Waals surface area contributed by atoms with Gasteiger partial charge in [-0.25, -0.2) is 14.6 Å². The quantitative estimate of drug-likeness (QED) is 0.652. The predicted molar refractivity (Wildman–Crippen MR) is 113 cm³/mol. The fourth-order valence-corrected chi connectivity index (χ4v) is 3.78. The second-order valence-electron chi connectivity index (χ2n) is 9.47. The molecule has 0 amide bonds. The topological polar surface area (TPSA) is 59.7 Å². The first-order valence-corrected chi connectivity index (χ1v) is 10.1. The molecule has 0 aliphatic carbocycles. The van der Waals surface area contributed by atoms with E-state index in [-0.39, 0.29) is 10.8 Å². The van der Waals surface area contributed by atoms with Gasteiger partial charge in [0.05, 0.1) is 6.54 Å². The molecule has 0 radical (unpaired) electrons. The van der Waals surface area contributed by atoms with Crippen molar-refractivity contribution in [2.75, 3.05) is 18.0 Å². The van der Waals surface area contributed by atoms with Gasteiger partial charge in [-0.1, -0.05) is 69.6 Å². The maximum absolute atomic E-state index is 6.36. The van der Waals surface area contributed by atoms with Gasteiger partial charge in [0.15, 0.2) is 17.0 Å². The summed E-state index contributed by atoms with van der Waals surface area (Å²) >= 11 is 6.36. The van der Waals surface area contributed by atoms with Crippen molar-refractivity contribution in [1.82, 2.24) is 25.0 Å². The van der Waals surface area contributed by atoms with Crippen LogP contribution >= 0.6 is 11.6 Å². The number of halogens is 1. The lowest BCUT2D eigenvalue weighted by Gasteiger charge is -2.23. The number of hydrogen-bond donors (Lipinski definition) is 0. The molecule has 1 saturated heterocycles. The van der Waals surface area contributed by atoms with Crippen molar-refractivity contribution in [2.24, 2.45) is 5.41 Å². The minimum Gasteiger partial charge on any atom is -0.354 e. The van der Waals surface area contributed by atoms with E-state index in [1.54, 1.807) is 0 Å². The van der Waals surface area contributed by atoms with E-state index in [4.69, 9.17) is 21.6 Å². The maximum Gasteiger partial charge on any atom is 0.184 e. The van der Waals surface area contributed by atoms with Crippen molar-refractivity contribution >= 4 is 28.6 Å². The summed E-state index contributed by atoms with van der Waals surface area (Å²) in [6.45, 7) is 13.5. The van der Waals surface area contributed by atoms with Gasteiger partial charge in [-0.15, -0.1) is 5.10 Å². The summed E-state index contributed by atoms with van der Waals surface area (Å²) in [6.07, 6.45) is 1.14. The zero-order valence-electron chi connectivity index (χ0n) is 17.2. The van der Waals surface area contributed by atoms with Gasteiger partial charge < -0.3 is 4.90 Å². The number of nitrogens with zero attached hydrogens (tertiary/aromatic N) is 6. The highest BCUT2D eigenvalue weighted by molar-refractivity contribution is 6.31. The monoisotopic (exact) mass is 398 g/mol. The standard InChI is InChI=1S/C21H27ClN6/c1-20(2,3)19-23-17(27-11-10-21(4,5)13-27)16-18(24-19)28(26-25-16)12-14-8-6-7-9-15(14)22/h6-9H,10-13H2,1-5H3. The summed E-state index contributed by atoms with van der Waals surface area (Å²) in [5.74, 6) is 1.70. The van der Waals surface area contributed by atoms with Crippen LogP contribution in [0.5, 0.6) is 0 Å². The van der Waals surface area contributed by atoms with Crippen LogP contribution in [-0.4, -0.2) is 38.1 Å². The third-order valence-electron chi connectivity index (χ3n) is 5.27. The van der Waals surface area contributed by atoms with Gasteiger partial charge in [-0.05, 0) is 23.5 Å². The number of fused-ring (bicyclic) bond motifs is 1. The third-order valence-corrected chi connectivity index (χ3v) is 5.64. The van der Waals surface area contributed by atoms with Gasteiger partial charge in [0.2, 0.25) is 0 Å². The summed E-state index contributed by atoms with van der Waals surface area (Å²) in [5, 5.41) is 9.59. The fourth-order valence-electron chi connectivity index (χ4n) is 3.59. The Morgan fingerprint density at radius 1 is 1.14 bits per heavy atom. The lowest BCUT2D eigenvalue weighted by atomic mass is 9.93. The molecule has 7 heteroatoms. The highest BCUT2D eigenvalue weighted by Crippen LogP contribution is 2.35. The molecule has 148 valence electrons. The van der Waals surface area contributed by atoms with Crippen molar-refractivity contribution in [3.8, 4) is 0 Å². The van der Waals surface area contributed by atoms with Crippen LogP contribution in [0, 0.1) is 5.41 Å². The zero-order valence-corrected chi connectivity index (χ0v) is 18.0. The van der Waals surface area contributed by atoms with Crippen molar-refractivity contribution < 1.29 is 0 Å². The fraction of sp³-hybridized carbons (Fsp3) is 0.524. The second-order valence-corrected chi connectivity index (χ2v) is 9.87. The van der Waals surface area contributed by atoms with Gasteiger partial charge in [0.25, 0.3) is 0 Å². The highest BCUT2D eigenvalue weighted by atomic mass is 35.5. The molecule has 2 aromatic heterocycles. The van der Waals surface area contributed by atoms with E-state index in [0.29, 0.717) is 6.54 Å². The van der Waals surface area contributed by atoms with Crippen LogP contribution in [0.15, 0.2) is 24.3 Å². The van der Waals surface area contributed by atoms with Crippen LogP contribution in [0.1, 0.15) is 52.4 Å². The first-order chi connectivity index (χ1) is 13.1. The molecular formula is C21H27ClN6. The zero-order chi connectivity index (χ0) is 20.1. The molecular weight excluding hydrogens is 372 g/mol. The highest BCUT2D eigenvalue weighted by Gasteiger charge is 2.33. The van der Waals surface area contributed by atoms with E-state index >= 15 is 0 Å². The summed E-state index contributed by atoms with van der Waals surface area (Å²) in [6, 6.07) is 7.81. The van der Waals surface area contributed by atoms with Crippen LogP contribution in [-0.2, 0) is 12.0 Å². The van der Waals surface area contributed by atoms with E-state index in [9.17, 15) is 0 Å². The Morgan fingerprint density at radius 3 is 2.54 bits per heavy atom. The molecule has 1 aliphatic heterocycles. The largest absolute Gasteiger partial charge is 0.354 e. The molecule has 0 spiro atoms. The van der Waals surface area contributed by atoms with E-state index < -0.39 is 0 Å². The number of aromatic nitrogens is 5. The Morgan fingerprint density at radius 2 is 1.89 bits per heavy atom. The van der Waals surface area contributed by atoms with Crippen LogP contribution in [0.25, 0.3) is 11.2 Å². The molecule has 28 heavy (non-hydrogen) atoms. The van der Waals surface area contributed by atoms with Crippen molar-refractivity contribution in [3.05, 3.63) is 40.7 Å². The van der Waals surface area contributed by atoms with Crippen molar-refractivity contribution in [3.63, 3.8) is 0 Å². The maximum atomic E-state index is 6.36. The average molecular weight is 399 g/mol. The van der Waals surface area contributed by atoms with E-state index in [2.05, 4.69) is 49.8 Å². The Balaban J connectivity index is 1.84. The number of rotatable bonds is 3. The van der Waals surface area contributed by atoms with Gasteiger partial charge in [0, 0.05) is 23.5 Å². The SMILES string of the molecule is CC1(C)CCN(c2nc(C(C)(C)C)nc3c2nnn3Cc2ccccc2Cl)C1. The second kappa shape index (κ2) is 6.69. The van der Waals surface area contributed by atoms with E-state index in [0.717, 1.165) is 52.9 Å². The summed E-state index contributed by atoms with van der Waals surface area (Å²) < 4.78 is 1.83. The molecule has 3 heterocycles. The van der Waals surface area contributed by atoms with Crippen LogP contribution in [0.3, 0.4) is 0 Å². The average Bonchev–Trinajstić information content (AvgIpc) is 3.18. The Hall–Kier alpha value is -2.21. The van der Waals surface area contributed by atoms with Crippen LogP contribution in [0.2, 0.25) is 5.02 Å². The molecule has 0 saturated carbocycles. The molecule has 1 aromatic carbocycles. The third kappa shape index (κ3) is 3.58. The normalized spacial score (nSPS) is 16.9. The van der Waals surface area contributed by atoms with Gasteiger partial charge in [-0.2, -0.15) is 0 Å². The minimum absolute atomic E-state index is 0.169. The Bertz CT molecular complexity index is 1020. The molecule has 1 fully saturated rings. The van der Waals surface area contributed by atoms with Crippen LogP contribution < -0.4 is 4.90 Å². The first-order valence-electron chi connectivity index (χ1n) is 9.74. The molecule has 0 atom stereocenters. The first kappa shape index (κ1) is 19.1. The lowest BCUT2D eigenvalue weighted by molar-refractivity contribution is 0.418. The molecule has 0 bridgehead atoms. The van der Waals surface area contributed by atoms with E-state index in [1.807, 2.05) is 28.9 Å². The van der Waals surface area contributed by atoms with Gasteiger partial charge >= 0.3 is 0 Å². The lowest BCUT2D eigenvalue weighted by Crippen LogP contribution is -2.26. The summed E-state index contributed by atoms with van der Waals surface area (Å²) in [5.41, 5.74) is 2.62. The van der Waals surface area contributed by atoms with E-state index in [1.165, 1.54) is 0 Å². The Labute approximate surface area is 170 Å². The minimum atomic E-state index is -0.169. The predicted octanol–water partition coefficient (Wildman–Crippen LogP) is 4.46. The van der Waals surface area contributed by atoms with Gasteiger partial charge in [-0.3, -0.25) is 0 Å². The van der Waals surface area contributed by atoms with Crippen molar-refractivity contribution in [2.45, 2.75) is 53.0 Å². The van der Waals surface area contributed by atoms with Crippen LogP contribution in [0.4, 0.5) is 5.82 Å². The number of hydrogen-bond acceptors (Lipinski definition) is 5. The molecule has 6 nitrogen and oxygen atoms in total. The van der Waals surface area contributed by atoms with Gasteiger partial charge in [0.1, 0.15) is 5.82 Å².